The minimum Gasteiger partial charge on any atom is -0.506 e. The molecule has 2 aromatic rings. The van der Waals surface area contributed by atoms with Crippen LogP contribution >= 0.6 is 35.3 Å². The summed E-state index contributed by atoms with van der Waals surface area (Å²) in [6, 6.07) is 7.50. The lowest BCUT2D eigenvalue weighted by Crippen LogP contribution is -2.52. The number of para-hydroxylation sites is 2. The largest absolute Gasteiger partial charge is 0.506 e. The van der Waals surface area contributed by atoms with Gasteiger partial charge in [-0.15, -0.1) is 35.3 Å². The lowest BCUT2D eigenvalue weighted by molar-refractivity contribution is 0.369. The molecule has 0 spiro atoms. The number of nitrogens with one attached hydrogen (secondary N) is 1. The topological polar surface area (TPSA) is 64.0 Å². The normalized spacial score (nSPS) is 15.0. The van der Waals surface area contributed by atoms with Gasteiger partial charge < -0.3 is 20.2 Å². The van der Waals surface area contributed by atoms with Crippen molar-refractivity contribution in [1.29, 1.82) is 0 Å². The summed E-state index contributed by atoms with van der Waals surface area (Å²) in [4.78, 5) is 14.4. The van der Waals surface area contributed by atoms with Gasteiger partial charge in [0.25, 0.3) is 0 Å². The molecular weight excluding hydrogens is 449 g/mol. The molecule has 1 aromatic heterocycles. The Balaban J connectivity index is 0.00000225. The van der Waals surface area contributed by atoms with Crippen LogP contribution in [0.15, 0.2) is 35.5 Å². The molecular formula is C17H24IN5OS. The first-order chi connectivity index (χ1) is 11.7. The number of guanidine groups is 1. The summed E-state index contributed by atoms with van der Waals surface area (Å²) in [7, 11) is 1.81. The highest BCUT2D eigenvalue weighted by molar-refractivity contribution is 14.0. The van der Waals surface area contributed by atoms with E-state index in [0.29, 0.717) is 12.3 Å². The summed E-state index contributed by atoms with van der Waals surface area (Å²) in [5, 5.41) is 14.5. The first-order valence-corrected chi connectivity index (χ1v) is 8.89. The predicted molar refractivity (Wildman–Crippen MR) is 114 cm³/mol. The van der Waals surface area contributed by atoms with E-state index >= 15 is 0 Å². The summed E-state index contributed by atoms with van der Waals surface area (Å²) < 4.78 is 0. The SMILES string of the molecule is CN=C(NCc1ncc(C)s1)N1CCN(c2ccccc2O)CC1.I. The van der Waals surface area contributed by atoms with Crippen LogP contribution in [0.5, 0.6) is 5.75 Å². The number of phenolic OH excluding ortho intramolecular Hbond substituents is 1. The average Bonchev–Trinajstić information content (AvgIpc) is 3.02. The van der Waals surface area contributed by atoms with Crippen molar-refractivity contribution in [3.63, 3.8) is 0 Å². The second kappa shape index (κ2) is 9.23. The zero-order valence-corrected chi connectivity index (χ0v) is 17.6. The van der Waals surface area contributed by atoms with Gasteiger partial charge in [0.1, 0.15) is 10.8 Å². The maximum atomic E-state index is 10.00. The molecule has 0 unspecified atom stereocenters. The fraction of sp³-hybridized carbons (Fsp3) is 0.412. The van der Waals surface area contributed by atoms with Crippen LogP contribution in [0.25, 0.3) is 0 Å². The minimum absolute atomic E-state index is 0. The molecule has 2 heterocycles. The van der Waals surface area contributed by atoms with E-state index < -0.39 is 0 Å². The van der Waals surface area contributed by atoms with Gasteiger partial charge in [0.15, 0.2) is 5.96 Å². The van der Waals surface area contributed by atoms with E-state index in [2.05, 4.69) is 32.0 Å². The van der Waals surface area contributed by atoms with Crippen LogP contribution < -0.4 is 10.2 Å². The quantitative estimate of drug-likeness (QED) is 0.408. The molecule has 25 heavy (non-hydrogen) atoms. The Hall–Kier alpha value is -1.55. The lowest BCUT2D eigenvalue weighted by atomic mass is 10.2. The van der Waals surface area contributed by atoms with E-state index in [1.54, 1.807) is 17.4 Å². The van der Waals surface area contributed by atoms with Crippen LogP contribution in [0.4, 0.5) is 5.69 Å². The molecule has 6 nitrogen and oxygen atoms in total. The molecule has 0 bridgehead atoms. The van der Waals surface area contributed by atoms with E-state index in [0.717, 1.165) is 42.8 Å². The maximum Gasteiger partial charge on any atom is 0.194 e. The third-order valence-electron chi connectivity index (χ3n) is 4.08. The van der Waals surface area contributed by atoms with Gasteiger partial charge in [-0.05, 0) is 19.1 Å². The van der Waals surface area contributed by atoms with Crippen molar-refractivity contribution in [3.8, 4) is 5.75 Å². The summed E-state index contributed by atoms with van der Waals surface area (Å²) in [5.41, 5.74) is 0.901. The van der Waals surface area contributed by atoms with Crippen molar-refractivity contribution in [2.45, 2.75) is 13.5 Å². The number of halogens is 1. The minimum atomic E-state index is 0. The number of benzene rings is 1. The van der Waals surface area contributed by atoms with Gasteiger partial charge in [-0.1, -0.05) is 12.1 Å². The van der Waals surface area contributed by atoms with Gasteiger partial charge in [0, 0.05) is 44.3 Å². The first-order valence-electron chi connectivity index (χ1n) is 8.07. The van der Waals surface area contributed by atoms with E-state index in [4.69, 9.17) is 0 Å². The zero-order chi connectivity index (χ0) is 16.9. The van der Waals surface area contributed by atoms with E-state index in [9.17, 15) is 5.11 Å². The third kappa shape index (κ3) is 4.97. The van der Waals surface area contributed by atoms with Gasteiger partial charge in [-0.3, -0.25) is 4.99 Å². The number of aryl methyl sites for hydroxylation is 1. The molecule has 8 heteroatoms. The Morgan fingerprint density at radius 2 is 2.00 bits per heavy atom. The molecule has 0 amide bonds. The number of aliphatic imine (C=N–C) groups is 1. The smallest absolute Gasteiger partial charge is 0.194 e. The van der Waals surface area contributed by atoms with Crippen molar-refractivity contribution >= 4 is 47.0 Å². The number of hydrogen-bond donors (Lipinski definition) is 2. The van der Waals surface area contributed by atoms with Gasteiger partial charge in [-0.25, -0.2) is 4.98 Å². The maximum absolute atomic E-state index is 10.00. The molecule has 1 aliphatic heterocycles. The molecule has 3 rings (SSSR count). The molecule has 0 radical (unpaired) electrons. The Labute approximate surface area is 169 Å². The fourth-order valence-electron chi connectivity index (χ4n) is 2.86. The van der Waals surface area contributed by atoms with Crippen LogP contribution in [-0.2, 0) is 6.54 Å². The molecule has 1 aromatic carbocycles. The number of rotatable bonds is 3. The van der Waals surface area contributed by atoms with Crippen molar-refractivity contribution in [3.05, 3.63) is 40.3 Å². The number of phenols is 1. The molecule has 136 valence electrons. The number of thiazole rings is 1. The predicted octanol–water partition coefficient (Wildman–Crippen LogP) is 2.67. The van der Waals surface area contributed by atoms with Crippen LogP contribution in [0, 0.1) is 6.92 Å². The molecule has 1 fully saturated rings. The summed E-state index contributed by atoms with van der Waals surface area (Å²) >= 11 is 1.70. The monoisotopic (exact) mass is 473 g/mol. The molecule has 0 saturated carbocycles. The highest BCUT2D eigenvalue weighted by Crippen LogP contribution is 2.27. The van der Waals surface area contributed by atoms with Gasteiger partial charge >= 0.3 is 0 Å². The Morgan fingerprint density at radius 3 is 2.60 bits per heavy atom. The summed E-state index contributed by atoms with van der Waals surface area (Å²) in [6.45, 7) is 6.21. The molecule has 0 aliphatic carbocycles. The fourth-order valence-corrected chi connectivity index (χ4v) is 3.59. The molecule has 1 aliphatic rings. The van der Waals surface area contributed by atoms with Crippen LogP contribution in [-0.4, -0.2) is 54.2 Å². The van der Waals surface area contributed by atoms with Crippen molar-refractivity contribution in [1.82, 2.24) is 15.2 Å². The van der Waals surface area contributed by atoms with Crippen molar-refractivity contribution < 1.29 is 5.11 Å². The van der Waals surface area contributed by atoms with Gasteiger partial charge in [0.05, 0.1) is 12.2 Å². The summed E-state index contributed by atoms with van der Waals surface area (Å²) in [6.07, 6.45) is 1.90. The van der Waals surface area contributed by atoms with E-state index in [1.807, 2.05) is 31.4 Å². The number of hydrogen-bond acceptors (Lipinski definition) is 5. The number of anilines is 1. The van der Waals surface area contributed by atoms with E-state index in [1.165, 1.54) is 4.88 Å². The van der Waals surface area contributed by atoms with Crippen molar-refractivity contribution in [2.24, 2.45) is 4.99 Å². The van der Waals surface area contributed by atoms with Crippen molar-refractivity contribution in [2.75, 3.05) is 38.1 Å². The Bertz CT molecular complexity index is 713. The highest BCUT2D eigenvalue weighted by atomic mass is 127. The number of aromatic hydroxyl groups is 1. The molecule has 1 saturated heterocycles. The first kappa shape index (κ1) is 19.8. The Kier molecular flexibility index (Phi) is 7.30. The number of aromatic nitrogens is 1. The standard InChI is InChI=1S/C17H23N5OS.HI/c1-13-11-19-16(24-13)12-20-17(18-2)22-9-7-21(8-10-22)14-5-3-4-6-15(14)23;/h3-6,11,23H,7-10,12H2,1-2H3,(H,18,20);1H. The third-order valence-corrected chi connectivity index (χ3v) is 4.99. The Morgan fingerprint density at radius 1 is 1.28 bits per heavy atom. The number of nitrogens with zero attached hydrogens (tertiary/aromatic N) is 4. The summed E-state index contributed by atoms with van der Waals surface area (Å²) in [5.74, 6) is 1.24. The van der Waals surface area contributed by atoms with Crippen LogP contribution in [0.3, 0.4) is 0 Å². The average molecular weight is 473 g/mol. The lowest BCUT2D eigenvalue weighted by Gasteiger charge is -2.37. The number of piperazine rings is 1. The zero-order valence-electron chi connectivity index (χ0n) is 14.5. The van der Waals surface area contributed by atoms with Gasteiger partial charge in [-0.2, -0.15) is 0 Å². The second-order valence-corrected chi connectivity index (χ2v) is 7.05. The van der Waals surface area contributed by atoms with Crippen LogP contribution in [0.1, 0.15) is 9.88 Å². The second-order valence-electron chi connectivity index (χ2n) is 5.73. The molecule has 0 atom stereocenters. The van der Waals surface area contributed by atoms with E-state index in [-0.39, 0.29) is 24.0 Å². The van der Waals surface area contributed by atoms with Gasteiger partial charge in [0.2, 0.25) is 0 Å². The highest BCUT2D eigenvalue weighted by Gasteiger charge is 2.21. The van der Waals surface area contributed by atoms with Crippen LogP contribution in [0.2, 0.25) is 0 Å². The molecule has 2 N–H and O–H groups in total.